The molecule has 3 heterocycles. The number of rotatable bonds is 5. The van der Waals surface area contributed by atoms with E-state index in [0.29, 0.717) is 11.8 Å². The number of hydrogen-bond acceptors (Lipinski definition) is 6. The summed E-state index contributed by atoms with van der Waals surface area (Å²) in [5.74, 6) is 2.05. The molecule has 23 heavy (non-hydrogen) atoms. The lowest BCUT2D eigenvalue weighted by molar-refractivity contribution is 0.216. The molecule has 0 unspecified atom stereocenters. The number of hydrogen-bond donors (Lipinski definition) is 0. The zero-order valence-electron chi connectivity index (χ0n) is 13.4. The fourth-order valence-electron chi connectivity index (χ4n) is 2.94. The third-order valence-electron chi connectivity index (χ3n) is 4.57. The lowest BCUT2D eigenvalue weighted by Gasteiger charge is -2.31. The number of ether oxygens (including phenoxy) is 1. The van der Waals surface area contributed by atoms with Crippen molar-refractivity contribution in [2.45, 2.75) is 38.5 Å². The van der Waals surface area contributed by atoms with Crippen molar-refractivity contribution in [2.24, 2.45) is 5.92 Å². The van der Waals surface area contributed by atoms with Gasteiger partial charge >= 0.3 is 0 Å². The van der Waals surface area contributed by atoms with Crippen LogP contribution in [0.5, 0.6) is 5.88 Å². The van der Waals surface area contributed by atoms with Crippen LogP contribution in [0.4, 0.5) is 5.13 Å². The van der Waals surface area contributed by atoms with E-state index in [1.54, 1.807) is 11.3 Å². The molecule has 122 valence electrons. The van der Waals surface area contributed by atoms with E-state index in [4.69, 9.17) is 4.74 Å². The summed E-state index contributed by atoms with van der Waals surface area (Å²) in [6.07, 6.45) is 4.87. The van der Waals surface area contributed by atoms with E-state index in [1.807, 2.05) is 25.1 Å². The highest BCUT2D eigenvalue weighted by molar-refractivity contribution is 7.15. The van der Waals surface area contributed by atoms with Gasteiger partial charge in [0.25, 0.3) is 0 Å². The van der Waals surface area contributed by atoms with E-state index in [9.17, 15) is 0 Å². The highest BCUT2D eigenvalue weighted by atomic mass is 32.1. The molecule has 1 saturated heterocycles. The van der Waals surface area contributed by atoms with Crippen LogP contribution in [0.3, 0.4) is 0 Å². The van der Waals surface area contributed by atoms with Gasteiger partial charge in [-0.3, -0.25) is 0 Å². The molecular weight excluding hydrogens is 308 g/mol. The quantitative estimate of drug-likeness (QED) is 0.841. The van der Waals surface area contributed by atoms with E-state index in [2.05, 4.69) is 20.1 Å². The second-order valence-corrected chi connectivity index (χ2v) is 7.54. The summed E-state index contributed by atoms with van der Waals surface area (Å²) in [6.45, 7) is 4.85. The number of pyridine rings is 1. The maximum Gasteiger partial charge on any atom is 0.213 e. The molecule has 2 fully saturated rings. The molecule has 1 aliphatic carbocycles. The molecule has 1 aliphatic heterocycles. The molecule has 6 heteroatoms. The Hall–Kier alpha value is -1.69. The number of anilines is 1. The molecule has 2 aromatic rings. The van der Waals surface area contributed by atoms with Crippen molar-refractivity contribution in [1.82, 2.24) is 15.2 Å². The second kappa shape index (κ2) is 6.43. The fraction of sp³-hybridized carbons (Fsp3) is 0.588. The van der Waals surface area contributed by atoms with Gasteiger partial charge in [-0.25, -0.2) is 4.98 Å². The van der Waals surface area contributed by atoms with E-state index in [-0.39, 0.29) is 0 Å². The van der Waals surface area contributed by atoms with Crippen LogP contribution in [0.1, 0.15) is 42.3 Å². The van der Waals surface area contributed by atoms with Crippen LogP contribution in [0.2, 0.25) is 0 Å². The Bertz CT molecular complexity index is 662. The Morgan fingerprint density at radius 2 is 2.00 bits per heavy atom. The Labute approximate surface area is 140 Å². The third-order valence-corrected chi connectivity index (χ3v) is 5.72. The molecule has 5 nitrogen and oxygen atoms in total. The number of aryl methyl sites for hydroxylation is 1. The first-order valence-corrected chi connectivity index (χ1v) is 9.24. The Kier molecular flexibility index (Phi) is 4.16. The standard InChI is InChI=1S/C17H22N4OS/c1-12-3-2-4-15(18-12)22-11-13-7-9-21(10-8-13)17-20-19-16(23-17)14-5-6-14/h2-4,13-14H,5-11H2,1H3. The maximum absolute atomic E-state index is 5.86. The van der Waals surface area contributed by atoms with Crippen molar-refractivity contribution in [2.75, 3.05) is 24.6 Å². The maximum atomic E-state index is 5.86. The van der Waals surface area contributed by atoms with Crippen LogP contribution in [-0.2, 0) is 0 Å². The first-order chi connectivity index (χ1) is 11.3. The highest BCUT2D eigenvalue weighted by Crippen LogP contribution is 2.42. The van der Waals surface area contributed by atoms with Gasteiger partial charge in [0, 0.05) is 30.8 Å². The largest absolute Gasteiger partial charge is 0.477 e. The van der Waals surface area contributed by atoms with Gasteiger partial charge in [0.2, 0.25) is 11.0 Å². The first kappa shape index (κ1) is 14.9. The van der Waals surface area contributed by atoms with Crippen molar-refractivity contribution in [1.29, 1.82) is 0 Å². The average molecular weight is 330 g/mol. The zero-order chi connectivity index (χ0) is 15.6. The molecule has 0 spiro atoms. The minimum atomic E-state index is 0.601. The van der Waals surface area contributed by atoms with Crippen LogP contribution in [-0.4, -0.2) is 34.9 Å². The van der Waals surface area contributed by atoms with E-state index < -0.39 is 0 Å². The summed E-state index contributed by atoms with van der Waals surface area (Å²) in [7, 11) is 0. The lowest BCUT2D eigenvalue weighted by atomic mass is 9.98. The smallest absolute Gasteiger partial charge is 0.213 e. The summed E-state index contributed by atoms with van der Waals surface area (Å²) < 4.78 is 5.86. The van der Waals surface area contributed by atoms with Gasteiger partial charge in [-0.2, -0.15) is 0 Å². The van der Waals surface area contributed by atoms with E-state index in [0.717, 1.165) is 49.2 Å². The number of nitrogens with zero attached hydrogens (tertiary/aromatic N) is 4. The minimum absolute atomic E-state index is 0.601. The van der Waals surface area contributed by atoms with Crippen LogP contribution in [0.15, 0.2) is 18.2 Å². The van der Waals surface area contributed by atoms with Gasteiger partial charge in [0.05, 0.1) is 6.61 Å². The van der Waals surface area contributed by atoms with Crippen LogP contribution in [0.25, 0.3) is 0 Å². The van der Waals surface area contributed by atoms with Gasteiger partial charge in [0.1, 0.15) is 5.01 Å². The molecule has 4 rings (SSSR count). The third kappa shape index (κ3) is 3.63. The lowest BCUT2D eigenvalue weighted by Crippen LogP contribution is -2.35. The summed E-state index contributed by atoms with van der Waals surface area (Å²) in [5, 5.41) is 11.1. The van der Waals surface area contributed by atoms with Gasteiger partial charge in [-0.1, -0.05) is 17.4 Å². The number of piperidine rings is 1. The van der Waals surface area contributed by atoms with Crippen molar-refractivity contribution in [3.05, 3.63) is 28.9 Å². The molecule has 0 radical (unpaired) electrons. The molecule has 2 aliphatic rings. The van der Waals surface area contributed by atoms with Crippen LogP contribution >= 0.6 is 11.3 Å². The molecule has 2 aromatic heterocycles. The monoisotopic (exact) mass is 330 g/mol. The van der Waals surface area contributed by atoms with Gasteiger partial charge in [0.15, 0.2) is 0 Å². The zero-order valence-corrected chi connectivity index (χ0v) is 14.3. The summed E-state index contributed by atoms with van der Waals surface area (Å²) in [6, 6.07) is 5.92. The second-order valence-electron chi connectivity index (χ2n) is 6.56. The van der Waals surface area contributed by atoms with Gasteiger partial charge < -0.3 is 9.64 Å². The van der Waals surface area contributed by atoms with E-state index in [1.165, 1.54) is 17.8 Å². The molecule has 0 amide bonds. The SMILES string of the molecule is Cc1cccc(OCC2CCN(c3nnc(C4CC4)s3)CC2)n1. The van der Waals surface area contributed by atoms with Crippen LogP contribution < -0.4 is 9.64 Å². The molecule has 0 atom stereocenters. The Morgan fingerprint density at radius 3 is 2.74 bits per heavy atom. The summed E-state index contributed by atoms with van der Waals surface area (Å²) in [4.78, 5) is 6.78. The predicted molar refractivity (Wildman–Crippen MR) is 91.3 cm³/mol. The molecular formula is C17H22N4OS. The minimum Gasteiger partial charge on any atom is -0.477 e. The highest BCUT2D eigenvalue weighted by Gasteiger charge is 2.29. The summed E-state index contributed by atoms with van der Waals surface area (Å²) >= 11 is 1.79. The molecule has 1 saturated carbocycles. The first-order valence-electron chi connectivity index (χ1n) is 8.43. The summed E-state index contributed by atoms with van der Waals surface area (Å²) in [5.41, 5.74) is 1.00. The van der Waals surface area contributed by atoms with Crippen molar-refractivity contribution in [3.8, 4) is 5.88 Å². The topological polar surface area (TPSA) is 51.1 Å². The fourth-order valence-corrected chi connectivity index (χ4v) is 4.01. The average Bonchev–Trinajstić information content (AvgIpc) is 3.31. The van der Waals surface area contributed by atoms with Gasteiger partial charge in [-0.15, -0.1) is 10.2 Å². The van der Waals surface area contributed by atoms with Crippen LogP contribution in [0, 0.1) is 12.8 Å². The van der Waals surface area contributed by atoms with Crippen molar-refractivity contribution < 1.29 is 4.74 Å². The van der Waals surface area contributed by atoms with Gasteiger partial charge in [-0.05, 0) is 44.6 Å². The Balaban J connectivity index is 1.27. The molecule has 0 aromatic carbocycles. The predicted octanol–water partition coefficient (Wildman–Crippen LogP) is 3.41. The molecule has 0 N–H and O–H groups in total. The Morgan fingerprint density at radius 1 is 1.17 bits per heavy atom. The van der Waals surface area contributed by atoms with Crippen molar-refractivity contribution >= 4 is 16.5 Å². The normalized spacial score (nSPS) is 19.1. The van der Waals surface area contributed by atoms with E-state index >= 15 is 0 Å². The van der Waals surface area contributed by atoms with Crippen molar-refractivity contribution in [3.63, 3.8) is 0 Å². The number of aromatic nitrogens is 3. The molecule has 0 bridgehead atoms.